The number of amides is 2. The van der Waals surface area contributed by atoms with Crippen LogP contribution in [-0.4, -0.2) is 30.4 Å². The van der Waals surface area contributed by atoms with Crippen molar-refractivity contribution in [3.63, 3.8) is 0 Å². The van der Waals surface area contributed by atoms with Crippen molar-refractivity contribution >= 4 is 23.5 Å². The van der Waals surface area contributed by atoms with Crippen LogP contribution in [0.25, 0.3) is 0 Å². The lowest BCUT2D eigenvalue weighted by Crippen LogP contribution is -2.45. The smallest absolute Gasteiger partial charge is 0.338 e. The molecule has 6 nitrogen and oxygen atoms in total. The molecule has 1 atom stereocenters. The second kappa shape index (κ2) is 14.0. The summed E-state index contributed by atoms with van der Waals surface area (Å²) in [4.78, 5) is 37.4. The van der Waals surface area contributed by atoms with Crippen LogP contribution in [0.3, 0.4) is 0 Å². The summed E-state index contributed by atoms with van der Waals surface area (Å²) in [7, 11) is 0. The lowest BCUT2D eigenvalue weighted by Gasteiger charge is -2.19. The maximum absolute atomic E-state index is 13.0. The molecule has 6 heteroatoms. The molecule has 0 heterocycles. The summed E-state index contributed by atoms with van der Waals surface area (Å²) < 4.78 is 5.20. The molecule has 0 aromatic heterocycles. The number of rotatable bonds is 13. The van der Waals surface area contributed by atoms with Crippen molar-refractivity contribution in [2.45, 2.75) is 64.8 Å². The number of nitrogens with one attached hydrogen (secondary N) is 2. The average Bonchev–Trinajstić information content (AvgIpc) is 2.80. The number of anilines is 1. The van der Waals surface area contributed by atoms with Crippen LogP contribution < -0.4 is 10.6 Å². The van der Waals surface area contributed by atoms with Crippen molar-refractivity contribution in [3.05, 3.63) is 65.7 Å². The maximum atomic E-state index is 13.0. The predicted octanol–water partition coefficient (Wildman–Crippen LogP) is 4.89. The van der Waals surface area contributed by atoms with Gasteiger partial charge in [-0.25, -0.2) is 4.79 Å². The number of hydrogen-bond acceptors (Lipinski definition) is 4. The second-order valence-corrected chi connectivity index (χ2v) is 7.82. The van der Waals surface area contributed by atoms with E-state index >= 15 is 0 Å². The van der Waals surface area contributed by atoms with Crippen LogP contribution in [0.1, 0.15) is 68.3 Å². The van der Waals surface area contributed by atoms with Crippen LogP contribution in [-0.2, 0) is 20.7 Å². The van der Waals surface area contributed by atoms with Gasteiger partial charge in [0.25, 0.3) is 0 Å². The summed E-state index contributed by atoms with van der Waals surface area (Å²) in [5.74, 6) is -0.798. The topological polar surface area (TPSA) is 84.5 Å². The third-order valence-corrected chi connectivity index (χ3v) is 5.06. The van der Waals surface area contributed by atoms with Gasteiger partial charge in [-0.3, -0.25) is 9.59 Å². The molecule has 2 amide bonds. The molecule has 2 aromatic carbocycles. The van der Waals surface area contributed by atoms with Gasteiger partial charge < -0.3 is 15.4 Å². The fraction of sp³-hybridized carbons (Fsp3) is 0.423. The van der Waals surface area contributed by atoms with Crippen LogP contribution in [0, 0.1) is 0 Å². The molecule has 0 fully saturated rings. The molecule has 32 heavy (non-hydrogen) atoms. The van der Waals surface area contributed by atoms with E-state index in [9.17, 15) is 14.4 Å². The number of unbranched alkanes of at least 4 members (excludes halogenated alkanes) is 3. The minimum absolute atomic E-state index is 0.125. The Hall–Kier alpha value is -3.15. The third kappa shape index (κ3) is 8.92. The van der Waals surface area contributed by atoms with E-state index < -0.39 is 6.04 Å². The minimum atomic E-state index is -0.690. The SMILES string of the molecule is CCCCCC(=O)NC(Cc1ccccc1)C(=O)Nc1ccc(C(=O)OCCCC)cc1. The van der Waals surface area contributed by atoms with E-state index in [1.165, 1.54) is 0 Å². The van der Waals surface area contributed by atoms with E-state index in [1.807, 2.05) is 37.3 Å². The van der Waals surface area contributed by atoms with Gasteiger partial charge in [0.1, 0.15) is 6.04 Å². The summed E-state index contributed by atoms with van der Waals surface area (Å²) in [5, 5.41) is 5.73. The molecule has 0 aliphatic rings. The molecular weight excluding hydrogens is 404 g/mol. The van der Waals surface area contributed by atoms with E-state index in [-0.39, 0.29) is 17.8 Å². The van der Waals surface area contributed by atoms with Gasteiger partial charge in [-0.05, 0) is 42.7 Å². The maximum Gasteiger partial charge on any atom is 0.338 e. The van der Waals surface area contributed by atoms with Crippen molar-refractivity contribution in [1.29, 1.82) is 0 Å². The lowest BCUT2D eigenvalue weighted by molar-refractivity contribution is -0.126. The molecule has 0 aliphatic carbocycles. The molecule has 2 aromatic rings. The predicted molar refractivity (Wildman–Crippen MR) is 126 cm³/mol. The van der Waals surface area contributed by atoms with Gasteiger partial charge in [-0.1, -0.05) is 63.4 Å². The molecule has 2 rings (SSSR count). The Balaban J connectivity index is 2.01. The fourth-order valence-corrected chi connectivity index (χ4v) is 3.17. The Bertz CT molecular complexity index is 850. The molecular formula is C26H34N2O4. The molecule has 0 spiro atoms. The summed E-state index contributed by atoms with van der Waals surface area (Å²) in [5.41, 5.74) is 1.95. The van der Waals surface area contributed by atoms with Gasteiger partial charge in [0.2, 0.25) is 11.8 Å². The first-order chi connectivity index (χ1) is 15.5. The largest absolute Gasteiger partial charge is 0.462 e. The molecule has 0 radical (unpaired) electrons. The zero-order chi connectivity index (χ0) is 23.2. The number of carbonyl (C=O) groups excluding carboxylic acids is 3. The lowest BCUT2D eigenvalue weighted by atomic mass is 10.0. The number of carbonyl (C=O) groups is 3. The highest BCUT2D eigenvalue weighted by Crippen LogP contribution is 2.13. The van der Waals surface area contributed by atoms with Crippen LogP contribution in [0.5, 0.6) is 0 Å². The Kier molecular flexibility index (Phi) is 11.0. The first-order valence-corrected chi connectivity index (χ1v) is 11.4. The average molecular weight is 439 g/mol. The van der Waals surface area contributed by atoms with Gasteiger partial charge in [0.05, 0.1) is 12.2 Å². The van der Waals surface area contributed by atoms with Gasteiger partial charge in [0, 0.05) is 18.5 Å². The molecule has 0 bridgehead atoms. The van der Waals surface area contributed by atoms with Crippen molar-refractivity contribution in [2.24, 2.45) is 0 Å². The quantitative estimate of drug-likeness (QED) is 0.344. The Labute approximate surface area is 190 Å². The highest BCUT2D eigenvalue weighted by atomic mass is 16.5. The van der Waals surface area contributed by atoms with Crippen LogP contribution in [0.4, 0.5) is 5.69 Å². The highest BCUT2D eigenvalue weighted by molar-refractivity contribution is 5.98. The number of hydrogen-bond donors (Lipinski definition) is 2. The van der Waals surface area contributed by atoms with Crippen LogP contribution in [0.15, 0.2) is 54.6 Å². The summed E-state index contributed by atoms with van der Waals surface area (Å²) in [6.45, 7) is 4.51. The van der Waals surface area contributed by atoms with E-state index in [4.69, 9.17) is 4.74 Å². The molecule has 172 valence electrons. The first kappa shape index (κ1) is 25.1. The normalized spacial score (nSPS) is 11.4. The molecule has 0 saturated carbocycles. The Morgan fingerprint density at radius 2 is 1.56 bits per heavy atom. The van der Waals surface area contributed by atoms with E-state index in [0.717, 1.165) is 37.7 Å². The zero-order valence-electron chi connectivity index (χ0n) is 19.1. The second-order valence-electron chi connectivity index (χ2n) is 7.82. The monoisotopic (exact) mass is 438 g/mol. The van der Waals surface area contributed by atoms with E-state index in [0.29, 0.717) is 30.7 Å². The van der Waals surface area contributed by atoms with Gasteiger partial charge in [-0.15, -0.1) is 0 Å². The van der Waals surface area contributed by atoms with Gasteiger partial charge >= 0.3 is 5.97 Å². The van der Waals surface area contributed by atoms with Gasteiger partial charge in [0.15, 0.2) is 0 Å². The number of esters is 1. The van der Waals surface area contributed by atoms with Crippen molar-refractivity contribution in [3.8, 4) is 0 Å². The number of ether oxygens (including phenoxy) is 1. The third-order valence-electron chi connectivity index (χ3n) is 5.06. The van der Waals surface area contributed by atoms with Crippen molar-refractivity contribution < 1.29 is 19.1 Å². The standard InChI is InChI=1S/C26H34N2O4/c1-3-5-8-13-24(29)28-23(19-20-11-9-7-10-12-20)25(30)27-22-16-14-21(15-17-22)26(31)32-18-6-4-2/h7,9-12,14-17,23H,3-6,8,13,18-19H2,1-2H3,(H,27,30)(H,28,29). The first-order valence-electron chi connectivity index (χ1n) is 11.4. The Morgan fingerprint density at radius 1 is 0.875 bits per heavy atom. The minimum Gasteiger partial charge on any atom is -0.462 e. The molecule has 1 unspecified atom stereocenters. The van der Waals surface area contributed by atoms with E-state index in [2.05, 4.69) is 17.6 Å². The number of benzene rings is 2. The molecule has 0 aliphatic heterocycles. The van der Waals surface area contributed by atoms with Crippen LogP contribution in [0.2, 0.25) is 0 Å². The fourth-order valence-electron chi connectivity index (χ4n) is 3.17. The van der Waals surface area contributed by atoms with Crippen LogP contribution >= 0.6 is 0 Å². The molecule has 0 saturated heterocycles. The highest BCUT2D eigenvalue weighted by Gasteiger charge is 2.21. The summed E-state index contributed by atoms with van der Waals surface area (Å²) in [6, 6.07) is 15.5. The van der Waals surface area contributed by atoms with Gasteiger partial charge in [-0.2, -0.15) is 0 Å². The molecule has 2 N–H and O–H groups in total. The van der Waals surface area contributed by atoms with E-state index in [1.54, 1.807) is 24.3 Å². The summed E-state index contributed by atoms with van der Waals surface area (Å²) >= 11 is 0. The van der Waals surface area contributed by atoms with Crippen molar-refractivity contribution in [2.75, 3.05) is 11.9 Å². The zero-order valence-corrected chi connectivity index (χ0v) is 19.1. The van der Waals surface area contributed by atoms with Crippen molar-refractivity contribution in [1.82, 2.24) is 5.32 Å². The summed E-state index contributed by atoms with van der Waals surface area (Å²) in [6.07, 6.45) is 5.40. The Morgan fingerprint density at radius 3 is 2.22 bits per heavy atom.